The molecule has 1 amide bonds. The predicted molar refractivity (Wildman–Crippen MR) is 83.2 cm³/mol. The van der Waals surface area contributed by atoms with Gasteiger partial charge in [-0.2, -0.15) is 0 Å². The Morgan fingerprint density at radius 2 is 2.25 bits per heavy atom. The molecule has 1 heterocycles. The molecular weight excluding hydrogens is 270 g/mol. The van der Waals surface area contributed by atoms with Gasteiger partial charge >= 0.3 is 0 Å². The number of rotatable bonds is 6. The molecule has 1 aromatic heterocycles. The second-order valence-corrected chi connectivity index (χ2v) is 5.54. The van der Waals surface area contributed by atoms with E-state index in [1.807, 2.05) is 30.5 Å². The van der Waals surface area contributed by atoms with Gasteiger partial charge in [0.1, 0.15) is 5.01 Å². The van der Waals surface area contributed by atoms with E-state index < -0.39 is 0 Å². The molecule has 0 fully saturated rings. The van der Waals surface area contributed by atoms with Crippen LogP contribution < -0.4 is 10.6 Å². The van der Waals surface area contributed by atoms with Crippen LogP contribution in [-0.4, -0.2) is 17.4 Å². The van der Waals surface area contributed by atoms with Crippen molar-refractivity contribution in [1.29, 1.82) is 0 Å². The van der Waals surface area contributed by atoms with Crippen molar-refractivity contribution in [3.8, 4) is 0 Å². The monoisotopic (exact) mass is 289 g/mol. The Balaban J connectivity index is 1.97. The van der Waals surface area contributed by atoms with E-state index in [0.29, 0.717) is 12.1 Å². The van der Waals surface area contributed by atoms with Gasteiger partial charge in [0.2, 0.25) is 0 Å². The van der Waals surface area contributed by atoms with Gasteiger partial charge in [-0.05, 0) is 37.1 Å². The van der Waals surface area contributed by atoms with Crippen molar-refractivity contribution in [1.82, 2.24) is 10.3 Å². The normalized spacial score (nSPS) is 10.3. The summed E-state index contributed by atoms with van der Waals surface area (Å²) in [5.41, 5.74) is 2.85. The highest BCUT2D eigenvalue weighted by Crippen LogP contribution is 2.16. The quantitative estimate of drug-likeness (QED) is 0.858. The lowest BCUT2D eigenvalue weighted by molar-refractivity contribution is 0.0951. The molecule has 0 bridgehead atoms. The minimum atomic E-state index is -0.0645. The highest BCUT2D eigenvalue weighted by atomic mass is 32.1. The van der Waals surface area contributed by atoms with Crippen LogP contribution in [0.2, 0.25) is 0 Å². The summed E-state index contributed by atoms with van der Waals surface area (Å²) in [5, 5.41) is 9.04. The number of aromatic nitrogens is 1. The molecule has 4 nitrogen and oxygen atoms in total. The van der Waals surface area contributed by atoms with Crippen LogP contribution in [0.15, 0.2) is 29.8 Å². The van der Waals surface area contributed by atoms with E-state index in [-0.39, 0.29) is 5.91 Å². The Hall–Kier alpha value is -1.88. The maximum atomic E-state index is 12.1. The molecule has 0 atom stereocenters. The van der Waals surface area contributed by atoms with Crippen molar-refractivity contribution in [3.63, 3.8) is 0 Å². The van der Waals surface area contributed by atoms with E-state index >= 15 is 0 Å². The molecule has 1 aromatic carbocycles. The van der Waals surface area contributed by atoms with Gasteiger partial charge in [0.05, 0.1) is 6.54 Å². The van der Waals surface area contributed by atoms with Gasteiger partial charge in [0, 0.05) is 29.4 Å². The van der Waals surface area contributed by atoms with Crippen molar-refractivity contribution in [2.24, 2.45) is 0 Å². The Labute approximate surface area is 123 Å². The second kappa shape index (κ2) is 7.05. The first kappa shape index (κ1) is 14.5. The van der Waals surface area contributed by atoms with Crippen molar-refractivity contribution < 1.29 is 4.79 Å². The Bertz CT molecular complexity index is 567. The van der Waals surface area contributed by atoms with Crippen LogP contribution in [0.4, 0.5) is 5.69 Å². The molecule has 2 aromatic rings. The molecule has 20 heavy (non-hydrogen) atoms. The number of thiazole rings is 1. The summed E-state index contributed by atoms with van der Waals surface area (Å²) in [6.07, 6.45) is 2.82. The van der Waals surface area contributed by atoms with E-state index in [2.05, 4.69) is 22.5 Å². The molecule has 106 valence electrons. The van der Waals surface area contributed by atoms with Crippen molar-refractivity contribution in [2.45, 2.75) is 26.8 Å². The summed E-state index contributed by atoms with van der Waals surface area (Å²) < 4.78 is 0. The summed E-state index contributed by atoms with van der Waals surface area (Å²) in [6, 6.07) is 5.72. The second-order valence-electron chi connectivity index (χ2n) is 4.56. The highest BCUT2D eigenvalue weighted by molar-refractivity contribution is 7.09. The number of hydrogen-bond acceptors (Lipinski definition) is 4. The third kappa shape index (κ3) is 3.81. The van der Waals surface area contributed by atoms with Crippen molar-refractivity contribution >= 4 is 22.9 Å². The number of nitrogens with one attached hydrogen (secondary N) is 2. The van der Waals surface area contributed by atoms with Gasteiger partial charge in [-0.3, -0.25) is 4.79 Å². The van der Waals surface area contributed by atoms with Crippen LogP contribution >= 0.6 is 11.3 Å². The molecule has 0 unspecified atom stereocenters. The molecule has 0 radical (unpaired) electrons. The zero-order valence-corrected chi connectivity index (χ0v) is 12.6. The summed E-state index contributed by atoms with van der Waals surface area (Å²) in [7, 11) is 0. The summed E-state index contributed by atoms with van der Waals surface area (Å²) >= 11 is 1.54. The molecular formula is C15H19N3OS. The third-order valence-corrected chi connectivity index (χ3v) is 3.72. The largest absolute Gasteiger partial charge is 0.385 e. The minimum absolute atomic E-state index is 0.0645. The van der Waals surface area contributed by atoms with Crippen LogP contribution in [0, 0.1) is 6.92 Å². The van der Waals surface area contributed by atoms with Crippen LogP contribution in [-0.2, 0) is 6.54 Å². The lowest BCUT2D eigenvalue weighted by Crippen LogP contribution is -2.22. The smallest absolute Gasteiger partial charge is 0.251 e. The van der Waals surface area contributed by atoms with Gasteiger partial charge in [-0.15, -0.1) is 11.3 Å². The average molecular weight is 289 g/mol. The van der Waals surface area contributed by atoms with Gasteiger partial charge in [-0.25, -0.2) is 4.98 Å². The first-order valence-corrected chi connectivity index (χ1v) is 7.59. The van der Waals surface area contributed by atoms with Gasteiger partial charge < -0.3 is 10.6 Å². The number of nitrogens with zero attached hydrogens (tertiary/aromatic N) is 1. The van der Waals surface area contributed by atoms with Gasteiger partial charge in [0.15, 0.2) is 0 Å². The van der Waals surface area contributed by atoms with E-state index in [1.54, 1.807) is 6.20 Å². The fourth-order valence-corrected chi connectivity index (χ4v) is 2.42. The predicted octanol–water partition coefficient (Wildman–Crippen LogP) is 3.20. The maximum absolute atomic E-state index is 12.1. The fraction of sp³-hybridized carbons (Fsp3) is 0.333. The fourth-order valence-electron chi connectivity index (χ4n) is 1.86. The Morgan fingerprint density at radius 1 is 1.40 bits per heavy atom. The molecule has 0 aliphatic rings. The SMILES string of the molecule is CCCNc1ccc(C(=O)NCc2nccs2)cc1C. The molecule has 2 N–H and O–H groups in total. The zero-order valence-electron chi connectivity index (χ0n) is 11.8. The molecule has 0 spiro atoms. The van der Waals surface area contributed by atoms with E-state index in [0.717, 1.165) is 29.2 Å². The minimum Gasteiger partial charge on any atom is -0.385 e. The topological polar surface area (TPSA) is 54.0 Å². The van der Waals surface area contributed by atoms with Gasteiger partial charge in [-0.1, -0.05) is 6.92 Å². The number of carbonyl (C=O) groups is 1. The average Bonchev–Trinajstić information content (AvgIpc) is 2.96. The molecule has 0 saturated heterocycles. The van der Waals surface area contributed by atoms with Crippen molar-refractivity contribution in [3.05, 3.63) is 45.9 Å². The molecule has 2 rings (SSSR count). The summed E-state index contributed by atoms with van der Waals surface area (Å²) in [6.45, 7) is 5.56. The third-order valence-electron chi connectivity index (χ3n) is 2.94. The first-order valence-electron chi connectivity index (χ1n) is 6.71. The lowest BCUT2D eigenvalue weighted by Gasteiger charge is -2.10. The maximum Gasteiger partial charge on any atom is 0.251 e. The van der Waals surface area contributed by atoms with E-state index in [1.165, 1.54) is 11.3 Å². The first-order chi connectivity index (χ1) is 9.70. The standard InChI is InChI=1S/C15H19N3OS/c1-3-6-16-13-5-4-12(9-11(13)2)15(19)18-10-14-17-7-8-20-14/h4-5,7-9,16H,3,6,10H2,1-2H3,(H,18,19). The lowest BCUT2D eigenvalue weighted by atomic mass is 10.1. The molecule has 5 heteroatoms. The van der Waals surface area contributed by atoms with Crippen LogP contribution in [0.3, 0.4) is 0 Å². The molecule has 0 saturated carbocycles. The number of carbonyl (C=O) groups excluding carboxylic acids is 1. The Kier molecular flexibility index (Phi) is 5.12. The molecule has 0 aliphatic carbocycles. The van der Waals surface area contributed by atoms with Crippen molar-refractivity contribution in [2.75, 3.05) is 11.9 Å². The highest BCUT2D eigenvalue weighted by Gasteiger charge is 2.08. The number of anilines is 1. The van der Waals surface area contributed by atoms with Crippen LogP contribution in [0.1, 0.15) is 34.3 Å². The number of amides is 1. The van der Waals surface area contributed by atoms with E-state index in [4.69, 9.17) is 0 Å². The Morgan fingerprint density at radius 3 is 2.90 bits per heavy atom. The van der Waals surface area contributed by atoms with Gasteiger partial charge in [0.25, 0.3) is 5.91 Å². The molecule has 0 aliphatic heterocycles. The summed E-state index contributed by atoms with van der Waals surface area (Å²) in [4.78, 5) is 16.2. The summed E-state index contributed by atoms with van der Waals surface area (Å²) in [5.74, 6) is -0.0645. The zero-order chi connectivity index (χ0) is 14.4. The number of benzene rings is 1. The number of aryl methyl sites for hydroxylation is 1. The van der Waals surface area contributed by atoms with E-state index in [9.17, 15) is 4.79 Å². The van der Waals surface area contributed by atoms with Crippen LogP contribution in [0.5, 0.6) is 0 Å². The number of hydrogen-bond donors (Lipinski definition) is 2. The van der Waals surface area contributed by atoms with Crippen LogP contribution in [0.25, 0.3) is 0 Å².